The maximum atomic E-state index is 7.00. The zero-order chi connectivity index (χ0) is 26.4. The van der Waals surface area contributed by atoms with Gasteiger partial charge in [0.05, 0.1) is 33.4 Å². The molecule has 0 aliphatic carbocycles. The molecule has 0 aliphatic rings. The van der Waals surface area contributed by atoms with Gasteiger partial charge < -0.3 is 13.6 Å². The molecular formula is C37H24N2O. The molecule has 40 heavy (non-hydrogen) atoms. The Hall–Kier alpha value is -5.28. The van der Waals surface area contributed by atoms with Gasteiger partial charge in [0.25, 0.3) is 0 Å². The van der Waals surface area contributed by atoms with Crippen LogP contribution in [0.3, 0.4) is 0 Å². The molecule has 3 nitrogen and oxygen atoms in total. The van der Waals surface area contributed by atoms with E-state index in [2.05, 4.69) is 143 Å². The molecule has 0 radical (unpaired) electrons. The SMILES string of the molecule is Cc1ccc2c(oc3c(-n4c5ccccc5c5ccccc54)cccc32)c1-n1c2ccccc2c2ccccc21. The average Bonchev–Trinajstić information content (AvgIpc) is 3.65. The van der Waals surface area contributed by atoms with Gasteiger partial charge in [0.1, 0.15) is 0 Å². The van der Waals surface area contributed by atoms with Gasteiger partial charge in [-0.3, -0.25) is 0 Å². The van der Waals surface area contributed by atoms with Crippen LogP contribution in [0.1, 0.15) is 5.56 Å². The highest BCUT2D eigenvalue weighted by atomic mass is 16.3. The van der Waals surface area contributed by atoms with Gasteiger partial charge in [-0.15, -0.1) is 0 Å². The molecule has 6 aromatic carbocycles. The molecular weight excluding hydrogens is 488 g/mol. The first-order valence-electron chi connectivity index (χ1n) is 13.7. The Kier molecular flexibility index (Phi) is 4.26. The van der Waals surface area contributed by atoms with E-state index in [4.69, 9.17) is 4.42 Å². The zero-order valence-corrected chi connectivity index (χ0v) is 21.9. The minimum Gasteiger partial charge on any atom is -0.452 e. The summed E-state index contributed by atoms with van der Waals surface area (Å²) >= 11 is 0. The van der Waals surface area contributed by atoms with Crippen molar-refractivity contribution in [3.8, 4) is 11.4 Å². The van der Waals surface area contributed by atoms with Crippen LogP contribution in [0.15, 0.2) is 132 Å². The molecule has 0 saturated heterocycles. The van der Waals surface area contributed by atoms with Crippen LogP contribution in [-0.2, 0) is 0 Å². The van der Waals surface area contributed by atoms with E-state index in [0.29, 0.717) is 0 Å². The van der Waals surface area contributed by atoms with Crippen molar-refractivity contribution in [2.75, 3.05) is 0 Å². The van der Waals surface area contributed by atoms with Crippen molar-refractivity contribution < 1.29 is 4.42 Å². The summed E-state index contributed by atoms with van der Waals surface area (Å²) in [6, 6.07) is 45.5. The van der Waals surface area contributed by atoms with Crippen LogP contribution in [-0.4, -0.2) is 9.13 Å². The number of nitrogens with zero attached hydrogens (tertiary/aromatic N) is 2. The van der Waals surface area contributed by atoms with Crippen LogP contribution < -0.4 is 0 Å². The highest BCUT2D eigenvalue weighted by Gasteiger charge is 2.22. The highest BCUT2D eigenvalue weighted by Crippen LogP contribution is 2.42. The molecule has 0 fully saturated rings. The number of para-hydroxylation sites is 5. The predicted octanol–water partition coefficient (Wildman–Crippen LogP) is 10.1. The van der Waals surface area contributed by atoms with Gasteiger partial charge in [-0.1, -0.05) is 97.1 Å². The third-order valence-electron chi connectivity index (χ3n) is 8.45. The van der Waals surface area contributed by atoms with Crippen molar-refractivity contribution in [2.24, 2.45) is 0 Å². The molecule has 0 unspecified atom stereocenters. The quantitative estimate of drug-likeness (QED) is 0.226. The Balaban J connectivity index is 1.43. The molecule has 0 aliphatic heterocycles. The maximum absolute atomic E-state index is 7.00. The van der Waals surface area contributed by atoms with Crippen LogP contribution >= 0.6 is 0 Å². The van der Waals surface area contributed by atoms with Gasteiger partial charge in [-0.05, 0) is 42.8 Å². The molecule has 9 rings (SSSR count). The van der Waals surface area contributed by atoms with Crippen LogP contribution in [0.4, 0.5) is 0 Å². The summed E-state index contributed by atoms with van der Waals surface area (Å²) in [6.07, 6.45) is 0. The van der Waals surface area contributed by atoms with Crippen molar-refractivity contribution in [2.45, 2.75) is 6.92 Å². The Bertz CT molecular complexity index is 2340. The number of benzene rings is 6. The van der Waals surface area contributed by atoms with Gasteiger partial charge in [-0.2, -0.15) is 0 Å². The molecule has 0 atom stereocenters. The summed E-state index contributed by atoms with van der Waals surface area (Å²) in [5, 5.41) is 7.23. The lowest BCUT2D eigenvalue weighted by molar-refractivity contribution is 0.663. The molecule has 3 heterocycles. The Morgan fingerprint density at radius 2 is 0.850 bits per heavy atom. The fourth-order valence-corrected chi connectivity index (χ4v) is 6.73. The standard InChI is InChI=1S/C37H24N2O/c1-23-21-22-29-28-15-10-20-34(38-30-16-6-2-11-24(30)25-12-3-7-17-31(25)38)36(28)40-37(29)35(23)39-32-18-8-4-13-26(32)27-14-5-9-19-33(27)39/h2-22H,1H3. The van der Waals surface area contributed by atoms with Crippen LogP contribution in [0, 0.1) is 6.92 Å². The van der Waals surface area contributed by atoms with Crippen molar-refractivity contribution in [3.63, 3.8) is 0 Å². The number of furan rings is 1. The molecule has 3 aromatic heterocycles. The smallest absolute Gasteiger partial charge is 0.159 e. The predicted molar refractivity (Wildman–Crippen MR) is 167 cm³/mol. The minimum atomic E-state index is 0.900. The van der Waals surface area contributed by atoms with E-state index in [-0.39, 0.29) is 0 Å². The lowest BCUT2D eigenvalue weighted by Gasteiger charge is -2.12. The Morgan fingerprint density at radius 3 is 1.40 bits per heavy atom. The third-order valence-corrected chi connectivity index (χ3v) is 8.45. The van der Waals surface area contributed by atoms with Crippen molar-refractivity contribution in [3.05, 3.63) is 133 Å². The first-order chi connectivity index (χ1) is 19.8. The molecule has 0 N–H and O–H groups in total. The van der Waals surface area contributed by atoms with Gasteiger partial charge in [-0.25, -0.2) is 0 Å². The molecule has 0 bridgehead atoms. The summed E-state index contributed by atoms with van der Waals surface area (Å²) in [6.45, 7) is 2.18. The minimum absolute atomic E-state index is 0.900. The topological polar surface area (TPSA) is 23.0 Å². The van der Waals surface area contributed by atoms with Crippen LogP contribution in [0.5, 0.6) is 0 Å². The number of fused-ring (bicyclic) bond motifs is 9. The van der Waals surface area contributed by atoms with Crippen LogP contribution in [0.25, 0.3) is 76.9 Å². The van der Waals surface area contributed by atoms with E-state index in [1.165, 1.54) is 49.2 Å². The Morgan fingerprint density at radius 1 is 0.400 bits per heavy atom. The second kappa shape index (κ2) is 7.87. The van der Waals surface area contributed by atoms with Gasteiger partial charge in [0.15, 0.2) is 11.2 Å². The molecule has 0 saturated carbocycles. The van der Waals surface area contributed by atoms with Gasteiger partial charge in [0.2, 0.25) is 0 Å². The fraction of sp³-hybridized carbons (Fsp3) is 0.0270. The van der Waals surface area contributed by atoms with Crippen molar-refractivity contribution >= 4 is 65.6 Å². The largest absolute Gasteiger partial charge is 0.452 e. The number of hydrogen-bond acceptors (Lipinski definition) is 1. The van der Waals surface area contributed by atoms with Gasteiger partial charge >= 0.3 is 0 Å². The third kappa shape index (κ3) is 2.73. The summed E-state index contributed by atoms with van der Waals surface area (Å²) in [4.78, 5) is 0. The molecule has 3 heteroatoms. The van der Waals surface area contributed by atoms with E-state index in [1.54, 1.807) is 0 Å². The molecule has 0 amide bonds. The van der Waals surface area contributed by atoms with E-state index in [1.807, 2.05) is 0 Å². The monoisotopic (exact) mass is 512 g/mol. The summed E-state index contributed by atoms with van der Waals surface area (Å²) in [5.41, 5.74) is 9.86. The number of aromatic nitrogens is 2. The number of hydrogen-bond donors (Lipinski definition) is 0. The van der Waals surface area contributed by atoms with Crippen LogP contribution in [0.2, 0.25) is 0 Å². The fourth-order valence-electron chi connectivity index (χ4n) is 6.73. The summed E-state index contributed by atoms with van der Waals surface area (Å²) in [5.74, 6) is 0. The lowest BCUT2D eigenvalue weighted by Crippen LogP contribution is -1.97. The van der Waals surface area contributed by atoms with Crippen molar-refractivity contribution in [1.82, 2.24) is 9.13 Å². The number of aryl methyl sites for hydroxylation is 1. The first kappa shape index (κ1) is 21.6. The van der Waals surface area contributed by atoms with Gasteiger partial charge in [0, 0.05) is 32.3 Å². The number of rotatable bonds is 2. The van der Waals surface area contributed by atoms with E-state index >= 15 is 0 Å². The maximum Gasteiger partial charge on any atom is 0.159 e. The summed E-state index contributed by atoms with van der Waals surface area (Å²) < 4.78 is 11.7. The van der Waals surface area contributed by atoms with E-state index in [0.717, 1.165) is 33.3 Å². The zero-order valence-electron chi connectivity index (χ0n) is 21.9. The van der Waals surface area contributed by atoms with E-state index < -0.39 is 0 Å². The second-order valence-corrected chi connectivity index (χ2v) is 10.6. The molecule has 0 spiro atoms. The normalized spacial score (nSPS) is 12.1. The Labute approximate surface area is 230 Å². The second-order valence-electron chi connectivity index (χ2n) is 10.6. The summed E-state index contributed by atoms with van der Waals surface area (Å²) in [7, 11) is 0. The first-order valence-corrected chi connectivity index (χ1v) is 13.7. The molecule has 188 valence electrons. The molecule has 9 aromatic rings. The lowest BCUT2D eigenvalue weighted by atomic mass is 10.1. The highest BCUT2D eigenvalue weighted by molar-refractivity contribution is 6.15. The van der Waals surface area contributed by atoms with Crippen molar-refractivity contribution in [1.29, 1.82) is 0 Å². The van der Waals surface area contributed by atoms with E-state index in [9.17, 15) is 0 Å². The average molecular weight is 513 g/mol.